The Labute approximate surface area is 110 Å². The van der Waals surface area contributed by atoms with E-state index in [0.717, 1.165) is 6.07 Å². The molecule has 1 aromatic heterocycles. The Kier molecular flexibility index (Phi) is 3.62. The molecule has 0 amide bonds. The number of rotatable bonds is 3. The summed E-state index contributed by atoms with van der Waals surface area (Å²) in [6.07, 6.45) is 0.423. The number of hydrogen-bond donors (Lipinski definition) is 1. The Morgan fingerprint density at radius 3 is 2.63 bits per heavy atom. The standard InChI is InChI=1S/C11H15F2N3O2S/c1-14-10-8(12)5-9(13)11(15-10)16(2)7-3-4-19(17,18)6-7/h5,7H,3-4,6H2,1-2H3,(H,14,15). The lowest BCUT2D eigenvalue weighted by molar-refractivity contribution is 0.564. The minimum Gasteiger partial charge on any atom is -0.371 e. The van der Waals surface area contributed by atoms with Crippen molar-refractivity contribution < 1.29 is 17.2 Å². The number of aromatic nitrogens is 1. The van der Waals surface area contributed by atoms with Crippen LogP contribution >= 0.6 is 0 Å². The van der Waals surface area contributed by atoms with Crippen molar-refractivity contribution in [2.45, 2.75) is 12.5 Å². The van der Waals surface area contributed by atoms with Crippen molar-refractivity contribution in [1.82, 2.24) is 4.98 Å². The van der Waals surface area contributed by atoms with Gasteiger partial charge in [0.05, 0.1) is 11.5 Å². The van der Waals surface area contributed by atoms with Gasteiger partial charge < -0.3 is 10.2 Å². The molecule has 8 heteroatoms. The highest BCUT2D eigenvalue weighted by atomic mass is 32.2. The molecular weight excluding hydrogens is 276 g/mol. The zero-order chi connectivity index (χ0) is 14.2. The number of anilines is 2. The van der Waals surface area contributed by atoms with Crippen LogP contribution in [0, 0.1) is 11.6 Å². The summed E-state index contributed by atoms with van der Waals surface area (Å²) in [7, 11) is -0.0237. The van der Waals surface area contributed by atoms with Gasteiger partial charge in [0.15, 0.2) is 33.1 Å². The second kappa shape index (κ2) is 4.92. The van der Waals surface area contributed by atoms with Crippen LogP contribution in [0.15, 0.2) is 6.07 Å². The molecule has 19 heavy (non-hydrogen) atoms. The van der Waals surface area contributed by atoms with Crippen LogP contribution < -0.4 is 10.2 Å². The Morgan fingerprint density at radius 2 is 2.11 bits per heavy atom. The third kappa shape index (κ3) is 2.78. The van der Waals surface area contributed by atoms with E-state index in [-0.39, 0.29) is 29.2 Å². The van der Waals surface area contributed by atoms with Gasteiger partial charge in [-0.25, -0.2) is 22.2 Å². The maximum absolute atomic E-state index is 13.7. The Bertz CT molecular complexity index is 592. The molecule has 2 heterocycles. The van der Waals surface area contributed by atoms with Crippen LogP contribution in [0.25, 0.3) is 0 Å². The van der Waals surface area contributed by atoms with E-state index in [1.165, 1.54) is 11.9 Å². The van der Waals surface area contributed by atoms with Crippen molar-refractivity contribution >= 4 is 21.5 Å². The maximum Gasteiger partial charge on any atom is 0.168 e. The van der Waals surface area contributed by atoms with Crippen molar-refractivity contribution in [1.29, 1.82) is 0 Å². The third-order valence-corrected chi connectivity index (χ3v) is 4.99. The Hall–Kier alpha value is -1.44. The largest absolute Gasteiger partial charge is 0.371 e. The molecule has 0 bridgehead atoms. The van der Waals surface area contributed by atoms with Crippen LogP contribution in [0.4, 0.5) is 20.4 Å². The molecule has 1 aliphatic heterocycles. The zero-order valence-electron chi connectivity index (χ0n) is 10.7. The molecule has 106 valence electrons. The van der Waals surface area contributed by atoms with Gasteiger partial charge in [-0.1, -0.05) is 0 Å². The molecule has 1 unspecified atom stereocenters. The van der Waals surface area contributed by atoms with E-state index in [1.54, 1.807) is 7.05 Å². The normalized spacial score (nSPS) is 21.4. The van der Waals surface area contributed by atoms with Gasteiger partial charge in [0.1, 0.15) is 0 Å². The molecule has 2 rings (SSSR count). The molecule has 1 fully saturated rings. The van der Waals surface area contributed by atoms with Gasteiger partial charge in [0.25, 0.3) is 0 Å². The zero-order valence-corrected chi connectivity index (χ0v) is 11.5. The van der Waals surface area contributed by atoms with Crippen molar-refractivity contribution in [2.24, 2.45) is 0 Å². The fourth-order valence-corrected chi connectivity index (χ4v) is 3.91. The topological polar surface area (TPSA) is 62.3 Å². The van der Waals surface area contributed by atoms with E-state index in [0.29, 0.717) is 6.42 Å². The fraction of sp³-hybridized carbons (Fsp3) is 0.545. The van der Waals surface area contributed by atoms with E-state index in [1.807, 2.05) is 0 Å². The average molecular weight is 291 g/mol. The summed E-state index contributed by atoms with van der Waals surface area (Å²) in [4.78, 5) is 5.31. The molecule has 1 N–H and O–H groups in total. The summed E-state index contributed by atoms with van der Waals surface area (Å²) < 4.78 is 49.9. The van der Waals surface area contributed by atoms with Crippen molar-refractivity contribution in [3.63, 3.8) is 0 Å². The van der Waals surface area contributed by atoms with Gasteiger partial charge in [-0.2, -0.15) is 0 Å². The molecule has 0 aromatic carbocycles. The van der Waals surface area contributed by atoms with Crippen molar-refractivity contribution in [3.8, 4) is 0 Å². The smallest absolute Gasteiger partial charge is 0.168 e. The molecule has 1 atom stereocenters. The lowest BCUT2D eigenvalue weighted by atomic mass is 10.2. The van der Waals surface area contributed by atoms with E-state index < -0.39 is 21.5 Å². The number of nitrogens with zero attached hydrogens (tertiary/aromatic N) is 2. The van der Waals surface area contributed by atoms with Gasteiger partial charge in [-0.15, -0.1) is 0 Å². The predicted octanol–water partition coefficient (Wildman–Crippen LogP) is 1.02. The molecule has 1 aromatic rings. The average Bonchev–Trinajstić information content (AvgIpc) is 2.69. The van der Waals surface area contributed by atoms with Crippen LogP contribution in [0.1, 0.15) is 6.42 Å². The Morgan fingerprint density at radius 1 is 1.42 bits per heavy atom. The summed E-state index contributed by atoms with van der Waals surface area (Å²) >= 11 is 0. The van der Waals surface area contributed by atoms with Crippen LogP contribution in [-0.2, 0) is 9.84 Å². The number of nitrogens with one attached hydrogen (secondary N) is 1. The predicted molar refractivity (Wildman–Crippen MR) is 69.2 cm³/mol. The lowest BCUT2D eigenvalue weighted by Crippen LogP contribution is -2.34. The van der Waals surface area contributed by atoms with E-state index in [2.05, 4.69) is 10.3 Å². The quantitative estimate of drug-likeness (QED) is 0.901. The number of sulfone groups is 1. The first-order chi connectivity index (χ1) is 8.84. The molecule has 0 radical (unpaired) electrons. The highest BCUT2D eigenvalue weighted by Gasteiger charge is 2.32. The summed E-state index contributed by atoms with van der Waals surface area (Å²) in [5, 5.41) is 2.53. The molecule has 1 saturated heterocycles. The van der Waals surface area contributed by atoms with Crippen LogP contribution in [0.2, 0.25) is 0 Å². The summed E-state index contributed by atoms with van der Waals surface area (Å²) in [5.74, 6) is -1.64. The van der Waals surface area contributed by atoms with E-state index in [9.17, 15) is 17.2 Å². The van der Waals surface area contributed by atoms with Gasteiger partial charge in [0.2, 0.25) is 0 Å². The molecule has 0 spiro atoms. The minimum atomic E-state index is -3.07. The number of halogens is 2. The maximum atomic E-state index is 13.7. The van der Waals surface area contributed by atoms with Gasteiger partial charge in [-0.3, -0.25) is 0 Å². The Balaban J connectivity index is 2.31. The van der Waals surface area contributed by atoms with Crippen LogP contribution in [0.5, 0.6) is 0 Å². The SMILES string of the molecule is CNc1nc(N(C)C2CCS(=O)(=O)C2)c(F)cc1F. The molecule has 5 nitrogen and oxygen atoms in total. The van der Waals surface area contributed by atoms with Crippen LogP contribution in [0.3, 0.4) is 0 Å². The summed E-state index contributed by atoms with van der Waals surface area (Å²) in [6, 6.07) is 0.413. The van der Waals surface area contributed by atoms with E-state index in [4.69, 9.17) is 0 Å². The molecular formula is C11H15F2N3O2S. The van der Waals surface area contributed by atoms with Gasteiger partial charge >= 0.3 is 0 Å². The minimum absolute atomic E-state index is 0.0309. The fourth-order valence-electron chi connectivity index (χ4n) is 2.13. The number of hydrogen-bond acceptors (Lipinski definition) is 5. The lowest BCUT2D eigenvalue weighted by Gasteiger charge is -2.25. The molecule has 0 aliphatic carbocycles. The second-order valence-electron chi connectivity index (χ2n) is 4.54. The first-order valence-electron chi connectivity index (χ1n) is 5.81. The highest BCUT2D eigenvalue weighted by molar-refractivity contribution is 7.91. The molecule has 0 saturated carbocycles. The highest BCUT2D eigenvalue weighted by Crippen LogP contribution is 2.26. The summed E-state index contributed by atoms with van der Waals surface area (Å²) in [5.41, 5.74) is 0. The second-order valence-corrected chi connectivity index (χ2v) is 6.77. The van der Waals surface area contributed by atoms with Crippen LogP contribution in [-0.4, -0.2) is 45.0 Å². The number of pyridine rings is 1. The monoisotopic (exact) mass is 291 g/mol. The van der Waals surface area contributed by atoms with E-state index >= 15 is 0 Å². The third-order valence-electron chi connectivity index (χ3n) is 3.24. The van der Waals surface area contributed by atoms with Crippen molar-refractivity contribution in [2.75, 3.05) is 35.8 Å². The van der Waals surface area contributed by atoms with Crippen molar-refractivity contribution in [3.05, 3.63) is 17.7 Å². The first kappa shape index (κ1) is 14.0. The first-order valence-corrected chi connectivity index (χ1v) is 7.63. The summed E-state index contributed by atoms with van der Waals surface area (Å²) in [6.45, 7) is 0. The van der Waals surface area contributed by atoms with Gasteiger partial charge in [-0.05, 0) is 6.42 Å². The molecule has 1 aliphatic rings. The van der Waals surface area contributed by atoms with Gasteiger partial charge in [0, 0.05) is 26.2 Å².